The summed E-state index contributed by atoms with van der Waals surface area (Å²) in [5.41, 5.74) is 2.48. The highest BCUT2D eigenvalue weighted by molar-refractivity contribution is 5.02. The highest BCUT2D eigenvalue weighted by Gasteiger charge is 2.29. The van der Waals surface area contributed by atoms with Crippen LogP contribution in [0.15, 0.2) is 23.3 Å². The van der Waals surface area contributed by atoms with Crippen LogP contribution in [0.2, 0.25) is 0 Å². The molecule has 1 aliphatic carbocycles. The van der Waals surface area contributed by atoms with Gasteiger partial charge in [0.15, 0.2) is 0 Å². The predicted molar refractivity (Wildman–Crippen MR) is 83.3 cm³/mol. The Morgan fingerprint density at radius 3 is 2.47 bits per heavy atom. The van der Waals surface area contributed by atoms with Crippen LogP contribution in [0.1, 0.15) is 65.7 Å². The lowest BCUT2D eigenvalue weighted by Crippen LogP contribution is -2.30. The molecule has 0 bridgehead atoms. The molecule has 0 atom stereocenters. The first kappa shape index (κ1) is 16.5. The smallest absolute Gasteiger partial charge is 0.0659 e. The predicted octanol–water partition coefficient (Wildman–Crippen LogP) is 3.96. The summed E-state index contributed by atoms with van der Waals surface area (Å²) in [5.74, 6) is 0. The van der Waals surface area contributed by atoms with Gasteiger partial charge in [0.25, 0.3) is 0 Å². The van der Waals surface area contributed by atoms with Crippen molar-refractivity contribution in [2.75, 3.05) is 13.1 Å². The Morgan fingerprint density at radius 1 is 1.16 bits per heavy atom. The van der Waals surface area contributed by atoms with Crippen molar-refractivity contribution in [3.63, 3.8) is 0 Å². The van der Waals surface area contributed by atoms with Gasteiger partial charge in [-0.25, -0.2) is 0 Å². The lowest BCUT2D eigenvalue weighted by Gasteiger charge is -2.21. The van der Waals surface area contributed by atoms with E-state index in [0.717, 1.165) is 45.2 Å². The topological polar surface area (TPSA) is 32.3 Å². The molecule has 1 fully saturated rings. The van der Waals surface area contributed by atoms with E-state index in [2.05, 4.69) is 38.2 Å². The molecule has 110 valence electrons. The fraction of sp³-hybridized carbons (Fsp3) is 0.765. The maximum absolute atomic E-state index is 10.2. The number of hydrogen-bond donors (Lipinski definition) is 2. The SMILES string of the molecule is CC(C)=CCC/C(C)=C/CNCCC1(O)CCCC1. The fourth-order valence-corrected chi connectivity index (χ4v) is 2.64. The average molecular weight is 265 g/mol. The summed E-state index contributed by atoms with van der Waals surface area (Å²) in [6.45, 7) is 8.35. The summed E-state index contributed by atoms with van der Waals surface area (Å²) < 4.78 is 0. The van der Waals surface area contributed by atoms with Crippen molar-refractivity contribution < 1.29 is 5.11 Å². The zero-order chi connectivity index (χ0) is 14.1. The molecule has 0 heterocycles. The molecule has 0 radical (unpaired) electrons. The van der Waals surface area contributed by atoms with Gasteiger partial charge in [-0.1, -0.05) is 36.1 Å². The number of rotatable bonds is 8. The second-order valence-electron chi connectivity index (χ2n) is 6.26. The van der Waals surface area contributed by atoms with Gasteiger partial charge >= 0.3 is 0 Å². The van der Waals surface area contributed by atoms with Gasteiger partial charge in [0.2, 0.25) is 0 Å². The molecular weight excluding hydrogens is 234 g/mol. The minimum Gasteiger partial charge on any atom is -0.390 e. The summed E-state index contributed by atoms with van der Waals surface area (Å²) >= 11 is 0. The van der Waals surface area contributed by atoms with E-state index in [-0.39, 0.29) is 5.60 Å². The molecule has 0 aromatic carbocycles. The van der Waals surface area contributed by atoms with E-state index in [1.807, 2.05) is 0 Å². The summed E-state index contributed by atoms with van der Waals surface area (Å²) in [5, 5.41) is 13.6. The Hall–Kier alpha value is -0.600. The molecule has 19 heavy (non-hydrogen) atoms. The minimum atomic E-state index is -0.366. The van der Waals surface area contributed by atoms with E-state index in [0.29, 0.717) is 0 Å². The average Bonchev–Trinajstić information content (AvgIpc) is 2.75. The maximum Gasteiger partial charge on any atom is 0.0659 e. The summed E-state index contributed by atoms with van der Waals surface area (Å²) in [6, 6.07) is 0. The van der Waals surface area contributed by atoms with Crippen LogP contribution in [0.3, 0.4) is 0 Å². The third kappa shape index (κ3) is 7.54. The molecule has 1 aliphatic rings. The standard InChI is InChI=1S/C17H31NO/c1-15(2)7-6-8-16(3)9-13-18-14-12-17(19)10-4-5-11-17/h7,9,18-19H,4-6,8,10-14H2,1-3H3/b16-9+. The van der Waals surface area contributed by atoms with Gasteiger partial charge in [-0.15, -0.1) is 0 Å². The van der Waals surface area contributed by atoms with E-state index in [1.54, 1.807) is 0 Å². The van der Waals surface area contributed by atoms with Crippen molar-refractivity contribution in [2.45, 2.75) is 71.3 Å². The number of nitrogens with one attached hydrogen (secondary N) is 1. The van der Waals surface area contributed by atoms with Gasteiger partial charge in [0.1, 0.15) is 0 Å². The first-order valence-electron chi connectivity index (χ1n) is 7.74. The first-order chi connectivity index (χ1) is 9.02. The Morgan fingerprint density at radius 2 is 1.84 bits per heavy atom. The molecule has 2 heteroatoms. The third-order valence-electron chi connectivity index (χ3n) is 3.99. The van der Waals surface area contributed by atoms with Gasteiger partial charge in [-0.3, -0.25) is 0 Å². The fourth-order valence-electron chi connectivity index (χ4n) is 2.64. The maximum atomic E-state index is 10.2. The van der Waals surface area contributed by atoms with Crippen LogP contribution in [-0.2, 0) is 0 Å². The molecule has 1 rings (SSSR count). The van der Waals surface area contributed by atoms with Gasteiger partial charge in [-0.2, -0.15) is 0 Å². The molecule has 0 saturated heterocycles. The van der Waals surface area contributed by atoms with Crippen molar-refractivity contribution in [2.24, 2.45) is 0 Å². The number of hydrogen-bond acceptors (Lipinski definition) is 2. The van der Waals surface area contributed by atoms with E-state index in [9.17, 15) is 5.11 Å². The summed E-state index contributed by atoms with van der Waals surface area (Å²) in [7, 11) is 0. The Kier molecular flexibility index (Phi) is 7.40. The Balaban J connectivity index is 2.07. The number of aliphatic hydroxyl groups is 1. The van der Waals surface area contributed by atoms with E-state index < -0.39 is 0 Å². The summed E-state index contributed by atoms with van der Waals surface area (Å²) in [4.78, 5) is 0. The van der Waals surface area contributed by atoms with Crippen LogP contribution in [-0.4, -0.2) is 23.8 Å². The normalized spacial score (nSPS) is 18.6. The zero-order valence-electron chi connectivity index (χ0n) is 13.0. The van der Waals surface area contributed by atoms with Gasteiger partial charge in [0, 0.05) is 6.54 Å². The molecule has 0 spiro atoms. The van der Waals surface area contributed by atoms with Crippen LogP contribution in [0.4, 0.5) is 0 Å². The van der Waals surface area contributed by atoms with Crippen LogP contribution in [0.5, 0.6) is 0 Å². The van der Waals surface area contributed by atoms with Gasteiger partial charge in [-0.05, 0) is 59.4 Å². The lowest BCUT2D eigenvalue weighted by atomic mass is 9.98. The second-order valence-corrected chi connectivity index (χ2v) is 6.26. The molecule has 2 nitrogen and oxygen atoms in total. The first-order valence-corrected chi connectivity index (χ1v) is 7.74. The van der Waals surface area contributed by atoms with Crippen LogP contribution in [0, 0.1) is 0 Å². The monoisotopic (exact) mass is 265 g/mol. The second kappa shape index (κ2) is 8.55. The molecular formula is C17H31NO. The van der Waals surface area contributed by atoms with Gasteiger partial charge in [0.05, 0.1) is 5.60 Å². The van der Waals surface area contributed by atoms with Crippen LogP contribution < -0.4 is 5.32 Å². The molecule has 0 aromatic rings. The Labute approximate surface area is 119 Å². The molecule has 0 aromatic heterocycles. The molecule has 1 saturated carbocycles. The molecule has 0 amide bonds. The zero-order valence-corrected chi connectivity index (χ0v) is 13.0. The number of allylic oxidation sites excluding steroid dienone is 3. The van der Waals surface area contributed by atoms with E-state index in [1.165, 1.54) is 24.0 Å². The molecule has 0 unspecified atom stereocenters. The van der Waals surface area contributed by atoms with Crippen molar-refractivity contribution in [3.8, 4) is 0 Å². The van der Waals surface area contributed by atoms with Crippen LogP contribution in [0.25, 0.3) is 0 Å². The third-order valence-corrected chi connectivity index (χ3v) is 3.99. The highest BCUT2D eigenvalue weighted by atomic mass is 16.3. The van der Waals surface area contributed by atoms with E-state index >= 15 is 0 Å². The largest absolute Gasteiger partial charge is 0.390 e. The van der Waals surface area contributed by atoms with Crippen molar-refractivity contribution >= 4 is 0 Å². The summed E-state index contributed by atoms with van der Waals surface area (Å²) in [6.07, 6.45) is 12.1. The minimum absolute atomic E-state index is 0.366. The van der Waals surface area contributed by atoms with Crippen LogP contribution >= 0.6 is 0 Å². The van der Waals surface area contributed by atoms with E-state index in [4.69, 9.17) is 0 Å². The van der Waals surface area contributed by atoms with Crippen molar-refractivity contribution in [1.29, 1.82) is 0 Å². The van der Waals surface area contributed by atoms with Crippen molar-refractivity contribution in [1.82, 2.24) is 5.32 Å². The molecule has 2 N–H and O–H groups in total. The lowest BCUT2D eigenvalue weighted by molar-refractivity contribution is 0.0394. The highest BCUT2D eigenvalue weighted by Crippen LogP contribution is 2.31. The molecule has 0 aliphatic heterocycles. The quantitative estimate of drug-likeness (QED) is 0.514. The van der Waals surface area contributed by atoms with Gasteiger partial charge < -0.3 is 10.4 Å². The Bertz CT molecular complexity index is 307. The van der Waals surface area contributed by atoms with Crippen molar-refractivity contribution in [3.05, 3.63) is 23.3 Å².